The number of carbonyl (C=O) groups is 1. The zero-order valence-corrected chi connectivity index (χ0v) is 8.34. The van der Waals surface area contributed by atoms with Gasteiger partial charge in [-0.3, -0.25) is 0 Å². The first-order valence-corrected chi connectivity index (χ1v) is 4.06. The molecule has 1 aliphatic rings. The molecule has 8 heteroatoms. The molecule has 0 bridgehead atoms. The van der Waals surface area contributed by atoms with Crippen LogP contribution in [0.25, 0.3) is 0 Å². The fourth-order valence-corrected chi connectivity index (χ4v) is 0.680. The van der Waals surface area contributed by atoms with Crippen molar-refractivity contribution in [3.63, 3.8) is 0 Å². The summed E-state index contributed by atoms with van der Waals surface area (Å²) < 4.78 is 31.7. The fourth-order valence-electron chi connectivity index (χ4n) is 0.680. The van der Waals surface area contributed by atoms with Crippen molar-refractivity contribution in [2.24, 2.45) is 0 Å². The number of alkyl halides is 3. The highest BCUT2D eigenvalue weighted by Crippen LogP contribution is 2.13. The molecule has 0 aromatic heterocycles. The third-order valence-corrected chi connectivity index (χ3v) is 1.80. The Hall–Kier alpha value is -0.860. The topological polar surface area (TPSA) is 61.8 Å². The number of aliphatic carboxylic acids is 1. The Labute approximate surface area is 84.8 Å². The van der Waals surface area contributed by atoms with Crippen molar-refractivity contribution in [1.29, 1.82) is 0 Å². The maximum Gasteiger partial charge on any atom is 0.490 e. The Kier molecular flexibility index (Phi) is 5.55. The molecule has 0 aromatic rings. The summed E-state index contributed by atoms with van der Waals surface area (Å²) in [6.45, 7) is 2.12. The summed E-state index contributed by atoms with van der Waals surface area (Å²) in [5, 5.41) is 12.2. The van der Waals surface area contributed by atoms with E-state index in [0.29, 0.717) is 6.04 Å². The zero-order chi connectivity index (χ0) is 12.1. The maximum atomic E-state index is 10.6. The van der Waals surface area contributed by atoms with Gasteiger partial charge in [0.1, 0.15) is 0 Å². The van der Waals surface area contributed by atoms with Crippen LogP contribution in [0.4, 0.5) is 13.2 Å². The van der Waals surface area contributed by atoms with E-state index in [2.05, 4.69) is 5.32 Å². The Morgan fingerprint density at radius 1 is 1.53 bits per heavy atom. The largest absolute Gasteiger partial charge is 0.490 e. The van der Waals surface area contributed by atoms with Gasteiger partial charge in [-0.05, 0) is 0 Å². The Morgan fingerprint density at radius 3 is 2.00 bits per heavy atom. The van der Waals surface area contributed by atoms with Gasteiger partial charge in [0.2, 0.25) is 0 Å². The monoisotopic (exact) mass is 230 g/mol. The second-order valence-electron chi connectivity index (χ2n) is 2.84. The van der Waals surface area contributed by atoms with Crippen LogP contribution in [-0.2, 0) is 9.63 Å². The van der Waals surface area contributed by atoms with Crippen molar-refractivity contribution in [2.75, 3.05) is 27.2 Å². The van der Waals surface area contributed by atoms with Crippen molar-refractivity contribution in [1.82, 2.24) is 10.4 Å². The van der Waals surface area contributed by atoms with Crippen molar-refractivity contribution < 1.29 is 27.9 Å². The fraction of sp³-hybridized carbons (Fsp3) is 0.857. The van der Waals surface area contributed by atoms with Crippen molar-refractivity contribution >= 4 is 5.97 Å². The molecule has 0 saturated carbocycles. The van der Waals surface area contributed by atoms with E-state index >= 15 is 0 Å². The molecule has 0 unspecified atom stereocenters. The van der Waals surface area contributed by atoms with E-state index < -0.39 is 12.1 Å². The van der Waals surface area contributed by atoms with E-state index in [-0.39, 0.29) is 0 Å². The van der Waals surface area contributed by atoms with Crippen LogP contribution in [0.1, 0.15) is 0 Å². The number of carboxylic acid groups (broad SMARTS) is 1. The number of rotatable bonds is 2. The number of likely N-dealkylation sites (N-methyl/N-ethyl adjacent to an activating group) is 1. The van der Waals surface area contributed by atoms with Crippen LogP contribution in [0.15, 0.2) is 0 Å². The van der Waals surface area contributed by atoms with Gasteiger partial charge in [-0.15, -0.1) is 0 Å². The lowest BCUT2D eigenvalue weighted by Crippen LogP contribution is -2.55. The van der Waals surface area contributed by atoms with Crippen molar-refractivity contribution in [3.05, 3.63) is 0 Å². The molecule has 0 atom stereocenters. The normalized spacial score (nSPS) is 16.7. The molecule has 1 rings (SSSR count). The van der Waals surface area contributed by atoms with Crippen molar-refractivity contribution in [2.45, 2.75) is 12.2 Å². The summed E-state index contributed by atoms with van der Waals surface area (Å²) in [5.74, 6) is -2.76. The lowest BCUT2D eigenvalue weighted by Gasteiger charge is -2.33. The van der Waals surface area contributed by atoms with Crippen LogP contribution in [0.3, 0.4) is 0 Å². The highest BCUT2D eigenvalue weighted by Gasteiger charge is 2.38. The van der Waals surface area contributed by atoms with Crippen LogP contribution in [0.2, 0.25) is 0 Å². The molecule has 15 heavy (non-hydrogen) atoms. The summed E-state index contributed by atoms with van der Waals surface area (Å²) in [6, 6.07) is 0.597. The van der Waals surface area contributed by atoms with E-state index in [4.69, 9.17) is 14.7 Å². The van der Waals surface area contributed by atoms with Crippen LogP contribution in [0, 0.1) is 0 Å². The predicted octanol–water partition coefficient (Wildman–Crippen LogP) is 0.0847. The van der Waals surface area contributed by atoms with Gasteiger partial charge in [0.05, 0.1) is 13.2 Å². The number of nitrogens with zero attached hydrogens (tertiary/aromatic N) is 1. The number of hydroxylamine groups is 2. The summed E-state index contributed by atoms with van der Waals surface area (Å²) in [6.07, 6.45) is -5.08. The van der Waals surface area contributed by atoms with Crippen molar-refractivity contribution in [3.8, 4) is 0 Å². The SMILES string of the molecule is CON(C)C1CNC1.O=C(O)C(F)(F)F. The Morgan fingerprint density at radius 2 is 1.93 bits per heavy atom. The second-order valence-corrected chi connectivity index (χ2v) is 2.84. The summed E-state index contributed by atoms with van der Waals surface area (Å²) in [5.41, 5.74) is 0. The molecule has 2 N–H and O–H groups in total. The molecule has 0 aliphatic carbocycles. The minimum atomic E-state index is -5.08. The summed E-state index contributed by atoms with van der Waals surface area (Å²) >= 11 is 0. The molecule has 90 valence electrons. The number of hydrogen-bond donors (Lipinski definition) is 2. The highest BCUT2D eigenvalue weighted by atomic mass is 19.4. The van der Waals surface area contributed by atoms with Gasteiger partial charge >= 0.3 is 12.1 Å². The molecule has 0 amide bonds. The number of nitrogens with one attached hydrogen (secondary N) is 1. The minimum absolute atomic E-state index is 0.597. The highest BCUT2D eigenvalue weighted by molar-refractivity contribution is 5.73. The second kappa shape index (κ2) is 5.89. The number of halogens is 3. The molecule has 0 aromatic carbocycles. The molecular weight excluding hydrogens is 217 g/mol. The number of carboxylic acids is 1. The lowest BCUT2D eigenvalue weighted by atomic mass is 10.2. The molecule has 1 aliphatic heterocycles. The first kappa shape index (κ1) is 14.1. The Bertz CT molecular complexity index is 203. The molecule has 1 fully saturated rings. The lowest BCUT2D eigenvalue weighted by molar-refractivity contribution is -0.192. The van der Waals surface area contributed by atoms with Gasteiger partial charge in [-0.2, -0.15) is 18.2 Å². The first-order chi connectivity index (χ1) is 6.79. The summed E-state index contributed by atoms with van der Waals surface area (Å²) in [4.78, 5) is 13.8. The van der Waals surface area contributed by atoms with E-state index in [1.165, 1.54) is 0 Å². The summed E-state index contributed by atoms with van der Waals surface area (Å²) in [7, 11) is 3.64. The molecule has 0 spiro atoms. The van der Waals surface area contributed by atoms with Gasteiger partial charge in [0.15, 0.2) is 0 Å². The smallest absolute Gasteiger partial charge is 0.475 e. The van der Waals surface area contributed by atoms with Gasteiger partial charge in [-0.25, -0.2) is 4.79 Å². The van der Waals surface area contributed by atoms with Gasteiger partial charge in [-0.1, -0.05) is 0 Å². The third kappa shape index (κ3) is 5.55. The predicted molar refractivity (Wildman–Crippen MR) is 45.1 cm³/mol. The average Bonchev–Trinajstić information content (AvgIpc) is 2.00. The molecule has 1 heterocycles. The minimum Gasteiger partial charge on any atom is -0.475 e. The standard InChI is InChI=1S/C5H12N2O.C2HF3O2/c1-7(8-2)5-3-6-4-5;3-2(4,5)1(6)7/h5-6H,3-4H2,1-2H3;(H,6,7). The first-order valence-electron chi connectivity index (χ1n) is 4.06. The maximum absolute atomic E-state index is 10.6. The molecule has 5 nitrogen and oxygen atoms in total. The average molecular weight is 230 g/mol. The van der Waals surface area contributed by atoms with Crippen LogP contribution < -0.4 is 5.32 Å². The van der Waals surface area contributed by atoms with E-state index in [1.54, 1.807) is 7.11 Å². The van der Waals surface area contributed by atoms with E-state index in [1.807, 2.05) is 12.1 Å². The quantitative estimate of drug-likeness (QED) is 0.658. The number of hydrogen-bond acceptors (Lipinski definition) is 4. The van der Waals surface area contributed by atoms with Gasteiger partial charge in [0, 0.05) is 20.1 Å². The molecule has 1 saturated heterocycles. The van der Waals surface area contributed by atoms with Crippen LogP contribution >= 0.6 is 0 Å². The molecule has 0 radical (unpaired) electrons. The van der Waals surface area contributed by atoms with Crippen LogP contribution in [-0.4, -0.2) is 55.6 Å². The van der Waals surface area contributed by atoms with E-state index in [0.717, 1.165) is 13.1 Å². The Balaban J connectivity index is 0.000000265. The van der Waals surface area contributed by atoms with Crippen LogP contribution in [0.5, 0.6) is 0 Å². The third-order valence-electron chi connectivity index (χ3n) is 1.80. The molecular formula is C7H13F3N2O3. The van der Waals surface area contributed by atoms with Gasteiger partial charge in [0.25, 0.3) is 0 Å². The van der Waals surface area contributed by atoms with Gasteiger partial charge < -0.3 is 15.3 Å². The van der Waals surface area contributed by atoms with E-state index in [9.17, 15) is 13.2 Å². The zero-order valence-electron chi connectivity index (χ0n) is 8.34.